The van der Waals surface area contributed by atoms with E-state index >= 15 is 0 Å². The molecule has 8 heteroatoms. The van der Waals surface area contributed by atoms with Gasteiger partial charge in [0.05, 0.1) is 18.0 Å². The van der Waals surface area contributed by atoms with Crippen LogP contribution in [0.3, 0.4) is 0 Å². The molecule has 1 saturated heterocycles. The fourth-order valence-corrected chi connectivity index (χ4v) is 3.16. The minimum Gasteiger partial charge on any atom is -0.480 e. The van der Waals surface area contributed by atoms with Crippen LogP contribution in [0.4, 0.5) is 0 Å². The number of aryl methyl sites for hydroxylation is 1. The minimum atomic E-state index is -1.07. The quantitative estimate of drug-likeness (QED) is 0.839. The van der Waals surface area contributed by atoms with Crippen LogP contribution >= 0.6 is 0 Å². The van der Waals surface area contributed by atoms with Crippen molar-refractivity contribution in [3.05, 3.63) is 41.2 Å². The molecule has 1 aliphatic rings. The second kappa shape index (κ2) is 7.65. The first-order valence-corrected chi connectivity index (χ1v) is 8.58. The molecule has 1 aromatic heterocycles. The van der Waals surface area contributed by atoms with Crippen LogP contribution in [0.1, 0.15) is 34.6 Å². The lowest BCUT2D eigenvalue weighted by molar-refractivity contribution is -0.142. The van der Waals surface area contributed by atoms with Crippen LogP contribution in [0.15, 0.2) is 24.3 Å². The number of carbonyl (C=O) groups is 2. The number of rotatable bonds is 5. The number of aliphatic carboxylic acids is 1. The summed E-state index contributed by atoms with van der Waals surface area (Å²) >= 11 is 0. The van der Waals surface area contributed by atoms with Crippen LogP contribution in [0.25, 0.3) is 5.69 Å². The first kappa shape index (κ1) is 18.1. The summed E-state index contributed by atoms with van der Waals surface area (Å²) in [6.07, 6.45) is 1.49. The summed E-state index contributed by atoms with van der Waals surface area (Å²) in [5, 5.41) is 20.1. The van der Waals surface area contributed by atoms with Gasteiger partial charge in [-0.15, -0.1) is 5.10 Å². The number of nitrogens with one attached hydrogen (secondary N) is 1. The lowest BCUT2D eigenvalue weighted by Gasteiger charge is -2.27. The molecule has 3 rings (SSSR count). The zero-order chi connectivity index (χ0) is 18.7. The topological polar surface area (TPSA) is 106 Å². The Morgan fingerprint density at radius 1 is 1.38 bits per heavy atom. The van der Waals surface area contributed by atoms with Crippen molar-refractivity contribution in [2.45, 2.75) is 32.7 Å². The average molecular weight is 358 g/mol. The lowest BCUT2D eigenvalue weighted by Crippen LogP contribution is -2.48. The van der Waals surface area contributed by atoms with Gasteiger partial charge < -0.3 is 15.2 Å². The van der Waals surface area contributed by atoms with E-state index in [0.717, 1.165) is 17.7 Å². The predicted octanol–water partition coefficient (Wildman–Crippen LogP) is 1.49. The number of aromatic nitrogens is 3. The molecule has 1 aliphatic heterocycles. The molecule has 0 aliphatic carbocycles. The highest BCUT2D eigenvalue weighted by Crippen LogP contribution is 2.19. The highest BCUT2D eigenvalue weighted by atomic mass is 16.5. The lowest BCUT2D eigenvalue weighted by atomic mass is 9.93. The number of hydrogen-bond acceptors (Lipinski definition) is 5. The van der Waals surface area contributed by atoms with E-state index in [9.17, 15) is 14.7 Å². The molecule has 2 heterocycles. The molecule has 0 radical (unpaired) electrons. The zero-order valence-electron chi connectivity index (χ0n) is 14.8. The molecule has 0 spiro atoms. The van der Waals surface area contributed by atoms with Gasteiger partial charge in [-0.1, -0.05) is 17.3 Å². The van der Waals surface area contributed by atoms with Gasteiger partial charge in [-0.05, 0) is 44.4 Å². The Morgan fingerprint density at radius 3 is 2.85 bits per heavy atom. The predicted molar refractivity (Wildman–Crippen MR) is 93.3 cm³/mol. The van der Waals surface area contributed by atoms with Gasteiger partial charge in [-0.2, -0.15) is 0 Å². The molecule has 0 bridgehead atoms. The van der Waals surface area contributed by atoms with Gasteiger partial charge in [-0.3, -0.25) is 4.79 Å². The van der Waals surface area contributed by atoms with E-state index in [2.05, 4.69) is 15.6 Å². The van der Waals surface area contributed by atoms with Crippen LogP contribution in [0.5, 0.6) is 0 Å². The van der Waals surface area contributed by atoms with Crippen LogP contribution in [-0.4, -0.2) is 51.2 Å². The van der Waals surface area contributed by atoms with Crippen LogP contribution < -0.4 is 5.32 Å². The third-order valence-corrected chi connectivity index (χ3v) is 4.58. The maximum atomic E-state index is 12.6. The molecule has 26 heavy (non-hydrogen) atoms. The van der Waals surface area contributed by atoms with E-state index in [0.29, 0.717) is 25.3 Å². The normalized spacial score (nSPS) is 18.3. The molecule has 8 nitrogen and oxygen atoms in total. The number of carbonyl (C=O) groups excluding carboxylic acids is 1. The molecule has 2 aromatic rings. The number of nitrogens with zero attached hydrogens (tertiary/aromatic N) is 3. The largest absolute Gasteiger partial charge is 0.480 e. The summed E-state index contributed by atoms with van der Waals surface area (Å²) in [6.45, 7) is 4.65. The smallest absolute Gasteiger partial charge is 0.326 e. The van der Waals surface area contributed by atoms with Gasteiger partial charge in [0.25, 0.3) is 5.91 Å². The maximum Gasteiger partial charge on any atom is 0.326 e. The van der Waals surface area contributed by atoms with E-state index in [1.165, 1.54) is 0 Å². The van der Waals surface area contributed by atoms with Crippen molar-refractivity contribution in [1.29, 1.82) is 0 Å². The van der Waals surface area contributed by atoms with Crippen molar-refractivity contribution >= 4 is 11.9 Å². The van der Waals surface area contributed by atoms with Crippen molar-refractivity contribution in [3.8, 4) is 5.69 Å². The number of carboxylic acids is 1. The van der Waals surface area contributed by atoms with Gasteiger partial charge >= 0.3 is 5.97 Å². The first-order valence-electron chi connectivity index (χ1n) is 8.58. The maximum absolute atomic E-state index is 12.6. The summed E-state index contributed by atoms with van der Waals surface area (Å²) in [6, 6.07) is 6.66. The number of hydrogen-bond donors (Lipinski definition) is 2. The summed E-state index contributed by atoms with van der Waals surface area (Å²) in [4.78, 5) is 24.2. The monoisotopic (exact) mass is 358 g/mol. The molecular formula is C18H22N4O4. The molecule has 2 atom stereocenters. The number of amides is 1. The highest BCUT2D eigenvalue weighted by Gasteiger charge is 2.32. The Kier molecular flexibility index (Phi) is 5.32. The van der Waals surface area contributed by atoms with E-state index in [1.54, 1.807) is 11.6 Å². The summed E-state index contributed by atoms with van der Waals surface area (Å²) in [7, 11) is 0. The second-order valence-electron chi connectivity index (χ2n) is 6.54. The van der Waals surface area contributed by atoms with E-state index in [-0.39, 0.29) is 11.6 Å². The summed E-state index contributed by atoms with van der Waals surface area (Å²) in [5.41, 5.74) is 2.53. The van der Waals surface area contributed by atoms with Crippen LogP contribution in [0, 0.1) is 19.8 Å². The molecular weight excluding hydrogens is 336 g/mol. The first-order chi connectivity index (χ1) is 12.5. The van der Waals surface area contributed by atoms with Gasteiger partial charge in [0.1, 0.15) is 6.04 Å². The summed E-state index contributed by atoms with van der Waals surface area (Å²) < 4.78 is 6.92. The standard InChI is InChI=1S/C18H22N4O4/c1-11-5-3-7-14(9-11)22-12(2)15(20-21-22)17(23)19-16(18(24)25)13-6-4-8-26-10-13/h3,5,7,9,13,16H,4,6,8,10H2,1-2H3,(H,19,23)(H,24,25). The fourth-order valence-electron chi connectivity index (χ4n) is 3.16. The molecule has 0 saturated carbocycles. The number of benzene rings is 1. The highest BCUT2D eigenvalue weighted by molar-refractivity contribution is 5.95. The average Bonchev–Trinajstić information content (AvgIpc) is 3.01. The molecule has 138 valence electrons. The molecule has 2 N–H and O–H groups in total. The Hall–Kier alpha value is -2.74. The summed E-state index contributed by atoms with van der Waals surface area (Å²) in [5.74, 6) is -1.87. The fraction of sp³-hybridized carbons (Fsp3) is 0.444. The second-order valence-corrected chi connectivity index (χ2v) is 6.54. The number of carboxylic acid groups (broad SMARTS) is 1. The van der Waals surface area contributed by atoms with Crippen LogP contribution in [-0.2, 0) is 9.53 Å². The molecule has 1 aromatic carbocycles. The third kappa shape index (κ3) is 3.75. The van der Waals surface area contributed by atoms with Crippen molar-refractivity contribution < 1.29 is 19.4 Å². The van der Waals surface area contributed by atoms with Gasteiger partial charge in [0, 0.05) is 12.5 Å². The Labute approximate surface area is 151 Å². The van der Waals surface area contributed by atoms with Crippen molar-refractivity contribution in [3.63, 3.8) is 0 Å². The van der Waals surface area contributed by atoms with Gasteiger partial charge in [-0.25, -0.2) is 9.48 Å². The number of ether oxygens (including phenoxy) is 1. The SMILES string of the molecule is Cc1cccc(-n2nnc(C(=O)NC(C(=O)O)C3CCCOC3)c2C)c1. The van der Waals surface area contributed by atoms with Crippen molar-refractivity contribution in [2.75, 3.05) is 13.2 Å². The van der Waals surface area contributed by atoms with E-state index in [1.807, 2.05) is 31.2 Å². The minimum absolute atomic E-state index is 0.120. The van der Waals surface area contributed by atoms with Crippen molar-refractivity contribution in [2.24, 2.45) is 5.92 Å². The van der Waals surface area contributed by atoms with E-state index in [4.69, 9.17) is 4.74 Å². The zero-order valence-corrected chi connectivity index (χ0v) is 14.8. The third-order valence-electron chi connectivity index (χ3n) is 4.58. The van der Waals surface area contributed by atoms with Crippen LogP contribution in [0.2, 0.25) is 0 Å². The van der Waals surface area contributed by atoms with E-state index < -0.39 is 17.9 Å². The van der Waals surface area contributed by atoms with Gasteiger partial charge in [0.2, 0.25) is 0 Å². The molecule has 1 fully saturated rings. The molecule has 2 unspecified atom stereocenters. The Bertz CT molecular complexity index is 811. The van der Waals surface area contributed by atoms with Gasteiger partial charge in [0.15, 0.2) is 5.69 Å². The van der Waals surface area contributed by atoms with Crippen molar-refractivity contribution in [1.82, 2.24) is 20.3 Å². The Morgan fingerprint density at radius 2 is 2.19 bits per heavy atom. The Balaban J connectivity index is 1.80. The molecule has 1 amide bonds.